The van der Waals surface area contributed by atoms with Gasteiger partial charge in [-0.3, -0.25) is 4.79 Å². The van der Waals surface area contributed by atoms with Gasteiger partial charge in [-0.05, 0) is 52.6 Å². The van der Waals surface area contributed by atoms with Crippen molar-refractivity contribution < 1.29 is 4.79 Å². The fourth-order valence-corrected chi connectivity index (χ4v) is 4.71. The molecule has 0 bridgehead atoms. The average molecular weight is 329 g/mol. The van der Waals surface area contributed by atoms with Gasteiger partial charge < -0.3 is 0 Å². The highest BCUT2D eigenvalue weighted by atomic mass is 79.9. The van der Waals surface area contributed by atoms with E-state index in [-0.39, 0.29) is 5.41 Å². The number of carbonyl (C=O) groups excluding carboxylic acids is 1. The summed E-state index contributed by atoms with van der Waals surface area (Å²) in [5, 5.41) is 2.05. The molecule has 18 heavy (non-hydrogen) atoms. The first-order chi connectivity index (χ1) is 8.53. The van der Waals surface area contributed by atoms with E-state index < -0.39 is 0 Å². The fourth-order valence-electron chi connectivity index (χ4n) is 3.21. The van der Waals surface area contributed by atoms with Crippen LogP contribution in [0, 0.1) is 11.3 Å². The zero-order valence-corrected chi connectivity index (χ0v) is 13.6. The molecule has 0 aromatic carbocycles. The molecule has 3 heteroatoms. The van der Waals surface area contributed by atoms with E-state index in [2.05, 4.69) is 35.2 Å². The van der Waals surface area contributed by atoms with E-state index in [1.165, 1.54) is 17.7 Å². The fraction of sp³-hybridized carbons (Fsp3) is 0.667. The second kappa shape index (κ2) is 5.87. The van der Waals surface area contributed by atoms with E-state index in [0.717, 1.165) is 23.7 Å². The van der Waals surface area contributed by atoms with Gasteiger partial charge in [-0.2, -0.15) is 0 Å². The lowest BCUT2D eigenvalue weighted by Gasteiger charge is -2.29. The van der Waals surface area contributed by atoms with Crippen LogP contribution in [0.25, 0.3) is 0 Å². The zero-order chi connectivity index (χ0) is 13.2. The molecular formula is C15H21BrOS. The van der Waals surface area contributed by atoms with Crippen LogP contribution in [-0.4, -0.2) is 5.78 Å². The van der Waals surface area contributed by atoms with Crippen molar-refractivity contribution in [3.8, 4) is 0 Å². The standard InChI is InChI=1S/C15H21BrOS/c1-11(2)10-15(6-3-4-7-15)14(17)9-13-12(16)5-8-18-13/h5,8,11H,3-4,6-7,9-10H2,1-2H3. The molecule has 0 unspecified atom stereocenters. The van der Waals surface area contributed by atoms with Gasteiger partial charge in [0.05, 0.1) is 0 Å². The van der Waals surface area contributed by atoms with Crippen LogP contribution in [0.4, 0.5) is 0 Å². The van der Waals surface area contributed by atoms with Crippen molar-refractivity contribution in [3.63, 3.8) is 0 Å². The molecule has 1 saturated carbocycles. The molecule has 0 N–H and O–H groups in total. The number of hydrogen-bond acceptors (Lipinski definition) is 2. The van der Waals surface area contributed by atoms with Crippen LogP contribution < -0.4 is 0 Å². The van der Waals surface area contributed by atoms with Crippen LogP contribution in [0.1, 0.15) is 50.8 Å². The van der Waals surface area contributed by atoms with Gasteiger partial charge in [-0.25, -0.2) is 0 Å². The summed E-state index contributed by atoms with van der Waals surface area (Å²) in [4.78, 5) is 13.9. The number of rotatable bonds is 5. The van der Waals surface area contributed by atoms with E-state index in [1.54, 1.807) is 11.3 Å². The number of ketones is 1. The molecule has 0 atom stereocenters. The van der Waals surface area contributed by atoms with E-state index in [1.807, 2.05) is 6.07 Å². The summed E-state index contributed by atoms with van der Waals surface area (Å²) in [5.41, 5.74) is -0.0163. The highest BCUT2D eigenvalue weighted by Gasteiger charge is 2.40. The van der Waals surface area contributed by atoms with Crippen LogP contribution in [0.5, 0.6) is 0 Å². The maximum absolute atomic E-state index is 12.7. The monoisotopic (exact) mass is 328 g/mol. The van der Waals surface area contributed by atoms with Gasteiger partial charge in [0.1, 0.15) is 5.78 Å². The lowest BCUT2D eigenvalue weighted by Crippen LogP contribution is -2.31. The van der Waals surface area contributed by atoms with Crippen molar-refractivity contribution in [2.75, 3.05) is 0 Å². The molecule has 1 aliphatic carbocycles. The molecule has 1 aromatic heterocycles. The number of hydrogen-bond donors (Lipinski definition) is 0. The first kappa shape index (κ1) is 14.3. The SMILES string of the molecule is CC(C)CC1(C(=O)Cc2sccc2Br)CCCC1. The van der Waals surface area contributed by atoms with E-state index >= 15 is 0 Å². The molecule has 0 spiro atoms. The lowest BCUT2D eigenvalue weighted by molar-refractivity contribution is -0.128. The Morgan fingerprint density at radius 3 is 2.61 bits per heavy atom. The molecule has 100 valence electrons. The molecule has 0 saturated heterocycles. The lowest BCUT2D eigenvalue weighted by atomic mass is 9.74. The quantitative estimate of drug-likeness (QED) is 0.723. The molecule has 1 fully saturated rings. The molecule has 1 nitrogen and oxygen atoms in total. The minimum atomic E-state index is -0.0163. The third kappa shape index (κ3) is 3.05. The van der Waals surface area contributed by atoms with Crippen molar-refractivity contribution in [2.24, 2.45) is 11.3 Å². The predicted octanol–water partition coefficient (Wildman–Crippen LogP) is 5.23. The van der Waals surface area contributed by atoms with Crippen LogP contribution >= 0.6 is 27.3 Å². The van der Waals surface area contributed by atoms with Crippen LogP contribution in [0.15, 0.2) is 15.9 Å². The third-order valence-electron chi connectivity index (χ3n) is 3.96. The molecule has 1 aromatic rings. The summed E-state index contributed by atoms with van der Waals surface area (Å²) in [5.74, 6) is 1.08. The van der Waals surface area contributed by atoms with E-state index in [9.17, 15) is 4.79 Å². The minimum absolute atomic E-state index is 0.0163. The van der Waals surface area contributed by atoms with Crippen molar-refractivity contribution in [1.29, 1.82) is 0 Å². The van der Waals surface area contributed by atoms with Crippen molar-refractivity contribution in [3.05, 3.63) is 20.8 Å². The van der Waals surface area contributed by atoms with Gasteiger partial charge in [-0.15, -0.1) is 11.3 Å². The Hall–Kier alpha value is -0.150. The predicted molar refractivity (Wildman–Crippen MR) is 81.1 cm³/mol. The van der Waals surface area contributed by atoms with Gasteiger partial charge >= 0.3 is 0 Å². The van der Waals surface area contributed by atoms with Gasteiger partial charge in [-0.1, -0.05) is 26.7 Å². The molecule has 0 amide bonds. The molecule has 0 aliphatic heterocycles. The zero-order valence-electron chi connectivity index (χ0n) is 11.2. The normalized spacial score (nSPS) is 18.4. The van der Waals surface area contributed by atoms with Crippen LogP contribution in [0.2, 0.25) is 0 Å². The van der Waals surface area contributed by atoms with Gasteiger partial charge in [0.2, 0.25) is 0 Å². The van der Waals surface area contributed by atoms with E-state index in [0.29, 0.717) is 18.1 Å². The number of halogens is 1. The van der Waals surface area contributed by atoms with Gasteiger partial charge in [0, 0.05) is 21.2 Å². The van der Waals surface area contributed by atoms with Crippen LogP contribution in [-0.2, 0) is 11.2 Å². The Balaban J connectivity index is 2.11. The summed E-state index contributed by atoms with van der Waals surface area (Å²) >= 11 is 5.22. The van der Waals surface area contributed by atoms with Crippen molar-refractivity contribution in [1.82, 2.24) is 0 Å². The molecule has 0 radical (unpaired) electrons. The maximum atomic E-state index is 12.7. The second-order valence-corrected chi connectivity index (χ2v) is 7.73. The highest BCUT2D eigenvalue weighted by Crippen LogP contribution is 2.45. The number of thiophene rings is 1. The van der Waals surface area contributed by atoms with Crippen molar-refractivity contribution >= 4 is 33.0 Å². The van der Waals surface area contributed by atoms with E-state index in [4.69, 9.17) is 0 Å². The number of Topliss-reactive ketones (excluding diaryl/α,β-unsaturated/α-hetero) is 1. The Morgan fingerprint density at radius 2 is 2.11 bits per heavy atom. The van der Waals surface area contributed by atoms with Gasteiger partial charge in [0.25, 0.3) is 0 Å². The smallest absolute Gasteiger partial charge is 0.144 e. The summed E-state index contributed by atoms with van der Waals surface area (Å²) in [6, 6.07) is 2.04. The molecular weight excluding hydrogens is 308 g/mol. The third-order valence-corrected chi connectivity index (χ3v) is 5.89. The topological polar surface area (TPSA) is 17.1 Å². The van der Waals surface area contributed by atoms with Crippen LogP contribution in [0.3, 0.4) is 0 Å². The Kier molecular flexibility index (Phi) is 4.65. The summed E-state index contributed by atoms with van der Waals surface area (Å²) in [6.45, 7) is 4.46. The second-order valence-electron chi connectivity index (χ2n) is 5.88. The first-order valence-corrected chi connectivity index (χ1v) is 8.46. The largest absolute Gasteiger partial charge is 0.299 e. The Bertz CT molecular complexity index is 416. The molecule has 2 rings (SSSR count). The number of carbonyl (C=O) groups is 1. The summed E-state index contributed by atoms with van der Waals surface area (Å²) < 4.78 is 1.10. The first-order valence-electron chi connectivity index (χ1n) is 6.79. The minimum Gasteiger partial charge on any atom is -0.299 e. The highest BCUT2D eigenvalue weighted by molar-refractivity contribution is 9.10. The Labute approximate surface area is 122 Å². The summed E-state index contributed by atoms with van der Waals surface area (Å²) in [6.07, 6.45) is 6.34. The molecule has 1 heterocycles. The Morgan fingerprint density at radius 1 is 1.44 bits per heavy atom. The maximum Gasteiger partial charge on any atom is 0.144 e. The summed E-state index contributed by atoms with van der Waals surface area (Å²) in [7, 11) is 0. The molecule has 1 aliphatic rings. The van der Waals surface area contributed by atoms with Gasteiger partial charge in [0.15, 0.2) is 0 Å². The van der Waals surface area contributed by atoms with Crippen molar-refractivity contribution in [2.45, 2.75) is 52.4 Å². The average Bonchev–Trinajstić information content (AvgIpc) is 2.89.